The molecule has 0 aliphatic rings. The first kappa shape index (κ1) is 21.3. The zero-order valence-electron chi connectivity index (χ0n) is 17.2. The van der Waals surface area contributed by atoms with Crippen LogP contribution >= 0.6 is 0 Å². The lowest BCUT2D eigenvalue weighted by molar-refractivity contribution is -0.124. The first-order chi connectivity index (χ1) is 13.2. The zero-order chi connectivity index (χ0) is 20.8. The molecule has 2 atom stereocenters. The molecule has 0 saturated heterocycles. The van der Waals surface area contributed by atoms with Crippen LogP contribution in [0.3, 0.4) is 0 Å². The maximum atomic E-state index is 12.8. The lowest BCUT2D eigenvalue weighted by Crippen LogP contribution is -2.50. The van der Waals surface area contributed by atoms with E-state index in [2.05, 4.69) is 10.6 Å². The molecule has 152 valence electrons. The molecule has 1 heterocycles. The van der Waals surface area contributed by atoms with Crippen LogP contribution in [0.25, 0.3) is 0 Å². The van der Waals surface area contributed by atoms with E-state index in [-0.39, 0.29) is 23.8 Å². The summed E-state index contributed by atoms with van der Waals surface area (Å²) in [4.78, 5) is 25.5. The van der Waals surface area contributed by atoms with E-state index in [0.29, 0.717) is 22.8 Å². The topological polar surface area (TPSA) is 89.8 Å². The van der Waals surface area contributed by atoms with Gasteiger partial charge < -0.3 is 24.5 Å². The van der Waals surface area contributed by atoms with Crippen molar-refractivity contribution in [2.75, 3.05) is 14.2 Å². The van der Waals surface area contributed by atoms with Crippen molar-refractivity contribution in [3.05, 3.63) is 47.4 Å². The highest BCUT2D eigenvalue weighted by Gasteiger charge is 2.27. The summed E-state index contributed by atoms with van der Waals surface area (Å²) < 4.78 is 16.0. The number of methoxy groups -OCH3 is 2. The van der Waals surface area contributed by atoms with Crippen LogP contribution in [-0.2, 0) is 4.79 Å². The van der Waals surface area contributed by atoms with Crippen LogP contribution in [0.15, 0.2) is 34.7 Å². The zero-order valence-corrected chi connectivity index (χ0v) is 17.2. The van der Waals surface area contributed by atoms with Gasteiger partial charge in [0.05, 0.1) is 20.3 Å². The SMILES string of the molecule is COc1cc(OC)cc(C(=O)NC(C(=O)NC(C)c2ccc(C)o2)C(C)C)c1. The summed E-state index contributed by atoms with van der Waals surface area (Å²) in [7, 11) is 3.02. The maximum absolute atomic E-state index is 12.8. The first-order valence-electron chi connectivity index (χ1n) is 9.15. The van der Waals surface area contributed by atoms with Crippen molar-refractivity contribution in [1.82, 2.24) is 10.6 Å². The Morgan fingerprint density at radius 1 is 0.964 bits per heavy atom. The fraction of sp³-hybridized carbons (Fsp3) is 0.429. The van der Waals surface area contributed by atoms with Gasteiger partial charge in [-0.05, 0) is 44.0 Å². The van der Waals surface area contributed by atoms with Crippen LogP contribution < -0.4 is 20.1 Å². The van der Waals surface area contributed by atoms with E-state index in [1.807, 2.05) is 39.8 Å². The largest absolute Gasteiger partial charge is 0.497 e. The Kier molecular flexibility index (Phi) is 7.09. The van der Waals surface area contributed by atoms with E-state index < -0.39 is 6.04 Å². The lowest BCUT2D eigenvalue weighted by atomic mass is 10.0. The summed E-state index contributed by atoms with van der Waals surface area (Å²) in [5.74, 6) is 1.66. The molecule has 0 bridgehead atoms. The van der Waals surface area contributed by atoms with Crippen molar-refractivity contribution >= 4 is 11.8 Å². The number of ether oxygens (including phenoxy) is 2. The molecule has 0 fully saturated rings. The van der Waals surface area contributed by atoms with Gasteiger partial charge in [0, 0.05) is 11.6 Å². The van der Waals surface area contributed by atoms with Gasteiger partial charge in [-0.1, -0.05) is 13.8 Å². The molecule has 0 aliphatic carbocycles. The fourth-order valence-electron chi connectivity index (χ4n) is 2.76. The monoisotopic (exact) mass is 388 g/mol. The van der Waals surface area contributed by atoms with Crippen molar-refractivity contribution in [2.45, 2.75) is 39.8 Å². The summed E-state index contributed by atoms with van der Waals surface area (Å²) in [6.07, 6.45) is 0. The molecule has 7 nitrogen and oxygen atoms in total. The Labute approximate surface area is 165 Å². The predicted molar refractivity (Wildman–Crippen MR) is 106 cm³/mol. The number of hydrogen-bond donors (Lipinski definition) is 2. The van der Waals surface area contributed by atoms with Crippen LogP contribution in [0, 0.1) is 12.8 Å². The third-order valence-corrected chi connectivity index (χ3v) is 4.40. The van der Waals surface area contributed by atoms with Crippen molar-refractivity contribution in [3.8, 4) is 11.5 Å². The summed E-state index contributed by atoms with van der Waals surface area (Å²) in [5, 5.41) is 5.70. The molecular weight excluding hydrogens is 360 g/mol. The molecule has 0 spiro atoms. The van der Waals surface area contributed by atoms with E-state index >= 15 is 0 Å². The summed E-state index contributed by atoms with van der Waals surface area (Å²) in [5.41, 5.74) is 0.351. The molecule has 7 heteroatoms. The van der Waals surface area contributed by atoms with Crippen LogP contribution in [0.5, 0.6) is 11.5 Å². The second-order valence-corrected chi connectivity index (χ2v) is 6.98. The van der Waals surface area contributed by atoms with Gasteiger partial charge in [0.2, 0.25) is 5.91 Å². The van der Waals surface area contributed by atoms with E-state index in [0.717, 1.165) is 5.76 Å². The number of rotatable bonds is 8. The lowest BCUT2D eigenvalue weighted by Gasteiger charge is -2.23. The molecule has 2 N–H and O–H groups in total. The van der Waals surface area contributed by atoms with Gasteiger partial charge in [-0.2, -0.15) is 0 Å². The second-order valence-electron chi connectivity index (χ2n) is 6.98. The molecule has 0 aliphatic heterocycles. The third kappa shape index (κ3) is 5.28. The Balaban J connectivity index is 2.13. The number of hydrogen-bond acceptors (Lipinski definition) is 5. The normalized spacial score (nSPS) is 13.0. The highest BCUT2D eigenvalue weighted by molar-refractivity contribution is 5.98. The summed E-state index contributed by atoms with van der Waals surface area (Å²) in [6, 6.07) is 7.53. The van der Waals surface area contributed by atoms with E-state index in [4.69, 9.17) is 13.9 Å². The van der Waals surface area contributed by atoms with Gasteiger partial charge >= 0.3 is 0 Å². The van der Waals surface area contributed by atoms with Gasteiger partial charge in [-0.15, -0.1) is 0 Å². The van der Waals surface area contributed by atoms with Crippen molar-refractivity contribution in [1.29, 1.82) is 0 Å². The molecule has 0 saturated carbocycles. The molecule has 2 aromatic rings. The van der Waals surface area contributed by atoms with Crippen molar-refractivity contribution in [2.24, 2.45) is 5.92 Å². The molecule has 28 heavy (non-hydrogen) atoms. The minimum absolute atomic E-state index is 0.109. The van der Waals surface area contributed by atoms with Crippen LogP contribution in [-0.4, -0.2) is 32.1 Å². The van der Waals surface area contributed by atoms with Crippen LogP contribution in [0.1, 0.15) is 48.7 Å². The molecule has 2 rings (SSSR count). The maximum Gasteiger partial charge on any atom is 0.252 e. The number of amides is 2. The number of aryl methyl sites for hydroxylation is 1. The highest BCUT2D eigenvalue weighted by atomic mass is 16.5. The quantitative estimate of drug-likeness (QED) is 0.725. The number of furan rings is 1. The average Bonchev–Trinajstić information content (AvgIpc) is 3.11. The van der Waals surface area contributed by atoms with Gasteiger partial charge in [0.25, 0.3) is 5.91 Å². The minimum Gasteiger partial charge on any atom is -0.497 e. The van der Waals surface area contributed by atoms with Gasteiger partial charge in [-0.25, -0.2) is 0 Å². The van der Waals surface area contributed by atoms with E-state index in [9.17, 15) is 9.59 Å². The number of benzene rings is 1. The van der Waals surface area contributed by atoms with Gasteiger partial charge in [0.15, 0.2) is 0 Å². The van der Waals surface area contributed by atoms with E-state index in [1.54, 1.807) is 18.2 Å². The Morgan fingerprint density at radius 2 is 1.57 bits per heavy atom. The highest BCUT2D eigenvalue weighted by Crippen LogP contribution is 2.23. The smallest absolute Gasteiger partial charge is 0.252 e. The fourth-order valence-corrected chi connectivity index (χ4v) is 2.76. The predicted octanol–water partition coefficient (Wildman–Crippen LogP) is 3.24. The second kappa shape index (κ2) is 9.30. The molecule has 1 aromatic carbocycles. The summed E-state index contributed by atoms with van der Waals surface area (Å²) >= 11 is 0. The summed E-state index contributed by atoms with van der Waals surface area (Å²) in [6.45, 7) is 7.43. The van der Waals surface area contributed by atoms with Crippen LogP contribution in [0.4, 0.5) is 0 Å². The van der Waals surface area contributed by atoms with Crippen molar-refractivity contribution < 1.29 is 23.5 Å². The molecular formula is C21H28N2O5. The third-order valence-electron chi connectivity index (χ3n) is 4.40. The minimum atomic E-state index is -0.705. The Morgan fingerprint density at radius 3 is 2.04 bits per heavy atom. The molecule has 0 radical (unpaired) electrons. The number of carbonyl (C=O) groups is 2. The standard InChI is InChI=1S/C21H28N2O5/c1-12(2)19(21(25)22-14(4)18-8-7-13(3)28-18)23-20(24)15-9-16(26-5)11-17(10-15)27-6/h7-12,14,19H,1-6H3,(H,22,25)(H,23,24). The van der Waals surface area contributed by atoms with E-state index in [1.165, 1.54) is 14.2 Å². The number of nitrogens with one attached hydrogen (secondary N) is 2. The number of carbonyl (C=O) groups excluding carboxylic acids is 2. The van der Waals surface area contributed by atoms with Crippen molar-refractivity contribution in [3.63, 3.8) is 0 Å². The van der Waals surface area contributed by atoms with Gasteiger partial charge in [0.1, 0.15) is 29.1 Å². The first-order valence-corrected chi connectivity index (χ1v) is 9.15. The molecule has 1 aromatic heterocycles. The molecule has 2 unspecified atom stereocenters. The Hall–Kier alpha value is -2.96. The molecule has 2 amide bonds. The Bertz CT molecular complexity index is 806. The van der Waals surface area contributed by atoms with Gasteiger partial charge in [-0.3, -0.25) is 9.59 Å². The average molecular weight is 388 g/mol. The van der Waals surface area contributed by atoms with Crippen LogP contribution in [0.2, 0.25) is 0 Å².